The summed E-state index contributed by atoms with van der Waals surface area (Å²) in [6, 6.07) is 5.87. The molecule has 0 N–H and O–H groups in total. The van der Waals surface area contributed by atoms with E-state index in [-0.39, 0.29) is 0 Å². The lowest BCUT2D eigenvalue weighted by Gasteiger charge is -2.09. The molecule has 2 aromatic rings. The van der Waals surface area contributed by atoms with Crippen molar-refractivity contribution in [3.63, 3.8) is 0 Å². The van der Waals surface area contributed by atoms with Crippen LogP contribution in [0.15, 0.2) is 35.1 Å². The minimum Gasteiger partial charge on any atom is -0.302 e. The molecular weight excluding hydrogens is 288 g/mol. The molecule has 1 heterocycles. The van der Waals surface area contributed by atoms with Crippen molar-refractivity contribution in [3.8, 4) is 5.69 Å². The maximum Gasteiger partial charge on any atom is 0.113 e. The van der Waals surface area contributed by atoms with E-state index in [1.807, 2.05) is 35.2 Å². The molecule has 2 nitrogen and oxygen atoms in total. The van der Waals surface area contributed by atoms with Crippen molar-refractivity contribution < 1.29 is 0 Å². The van der Waals surface area contributed by atoms with Gasteiger partial charge < -0.3 is 4.57 Å². The normalized spacial score (nSPS) is 10.7. The van der Waals surface area contributed by atoms with E-state index in [9.17, 15) is 0 Å². The highest BCUT2D eigenvalue weighted by molar-refractivity contribution is 9.10. The monoisotopic (exact) mass is 298 g/mol. The minimum absolute atomic E-state index is 0.727. The molecule has 0 aliphatic carbocycles. The summed E-state index contributed by atoms with van der Waals surface area (Å²) >= 11 is 9.61. The Morgan fingerprint density at radius 2 is 2.25 bits per heavy atom. The Kier molecular flexibility index (Phi) is 3.66. The minimum atomic E-state index is 0.727. The third kappa shape index (κ3) is 2.30. The quantitative estimate of drug-likeness (QED) is 0.829. The molecule has 0 spiro atoms. The highest BCUT2D eigenvalue weighted by atomic mass is 79.9. The molecule has 0 aliphatic rings. The average molecular weight is 300 g/mol. The lowest BCUT2D eigenvalue weighted by Crippen LogP contribution is -2.00. The summed E-state index contributed by atoms with van der Waals surface area (Å²) in [6.45, 7) is 2.14. The summed E-state index contributed by atoms with van der Waals surface area (Å²) in [4.78, 5) is 4.34. The number of benzene rings is 1. The number of nitrogens with zero attached hydrogens (tertiary/aromatic N) is 2. The Balaban J connectivity index is 2.46. The van der Waals surface area contributed by atoms with Gasteiger partial charge in [0, 0.05) is 23.3 Å². The first-order valence-electron chi connectivity index (χ1n) is 5.20. The zero-order chi connectivity index (χ0) is 11.5. The van der Waals surface area contributed by atoms with Crippen LogP contribution in [0.1, 0.15) is 19.2 Å². The molecule has 0 saturated heterocycles. The van der Waals surface area contributed by atoms with Gasteiger partial charge in [0.2, 0.25) is 0 Å². The largest absolute Gasteiger partial charge is 0.302 e. The first kappa shape index (κ1) is 11.7. The SMILES string of the molecule is CCCc1nccn1-c1ccc(Br)cc1Cl. The molecular formula is C12H12BrClN2. The van der Waals surface area contributed by atoms with Gasteiger partial charge in [0.1, 0.15) is 5.82 Å². The Morgan fingerprint density at radius 1 is 1.44 bits per heavy atom. The summed E-state index contributed by atoms with van der Waals surface area (Å²) in [5.74, 6) is 1.05. The van der Waals surface area contributed by atoms with Crippen molar-refractivity contribution in [2.24, 2.45) is 0 Å². The molecule has 16 heavy (non-hydrogen) atoms. The first-order chi connectivity index (χ1) is 7.72. The van der Waals surface area contributed by atoms with Gasteiger partial charge in [0.25, 0.3) is 0 Å². The number of halogens is 2. The van der Waals surface area contributed by atoms with Gasteiger partial charge in [0.15, 0.2) is 0 Å². The number of rotatable bonds is 3. The van der Waals surface area contributed by atoms with Gasteiger partial charge >= 0.3 is 0 Å². The van der Waals surface area contributed by atoms with Crippen LogP contribution in [0.25, 0.3) is 5.69 Å². The zero-order valence-electron chi connectivity index (χ0n) is 8.95. The fourth-order valence-electron chi connectivity index (χ4n) is 1.64. The van der Waals surface area contributed by atoms with Crippen molar-refractivity contribution in [2.45, 2.75) is 19.8 Å². The molecule has 2 rings (SSSR count). The highest BCUT2D eigenvalue weighted by Gasteiger charge is 2.07. The molecule has 0 saturated carbocycles. The topological polar surface area (TPSA) is 17.8 Å². The second-order valence-electron chi connectivity index (χ2n) is 3.56. The van der Waals surface area contributed by atoms with Crippen LogP contribution in [0.3, 0.4) is 0 Å². The van der Waals surface area contributed by atoms with Crippen molar-refractivity contribution >= 4 is 27.5 Å². The van der Waals surface area contributed by atoms with Crippen LogP contribution < -0.4 is 0 Å². The van der Waals surface area contributed by atoms with E-state index < -0.39 is 0 Å². The Bertz CT molecular complexity index is 494. The molecule has 0 amide bonds. The van der Waals surface area contributed by atoms with Gasteiger partial charge in [-0.05, 0) is 24.6 Å². The Labute approximate surface area is 108 Å². The molecule has 0 bridgehead atoms. The van der Waals surface area contributed by atoms with Gasteiger partial charge in [0.05, 0.1) is 10.7 Å². The van der Waals surface area contributed by atoms with Crippen LogP contribution in [0.2, 0.25) is 5.02 Å². The molecule has 4 heteroatoms. The summed E-state index contributed by atoms with van der Waals surface area (Å²) in [7, 11) is 0. The lowest BCUT2D eigenvalue weighted by atomic mass is 10.3. The first-order valence-corrected chi connectivity index (χ1v) is 6.37. The van der Waals surface area contributed by atoms with Crippen molar-refractivity contribution in [3.05, 3.63) is 45.9 Å². The third-order valence-electron chi connectivity index (χ3n) is 2.36. The summed E-state index contributed by atoms with van der Waals surface area (Å²) in [5, 5.41) is 0.727. The van der Waals surface area contributed by atoms with E-state index in [1.165, 1.54) is 0 Å². The number of aromatic nitrogens is 2. The maximum atomic E-state index is 6.21. The summed E-state index contributed by atoms with van der Waals surface area (Å²) < 4.78 is 3.02. The van der Waals surface area contributed by atoms with Crippen molar-refractivity contribution in [1.29, 1.82) is 0 Å². The second-order valence-corrected chi connectivity index (χ2v) is 4.88. The van der Waals surface area contributed by atoms with Crippen LogP contribution in [-0.2, 0) is 6.42 Å². The standard InChI is InChI=1S/C12H12BrClN2/c1-2-3-12-15-6-7-16(12)11-5-4-9(13)8-10(11)14/h4-8H,2-3H2,1H3. The molecule has 1 aromatic heterocycles. The number of hydrogen-bond acceptors (Lipinski definition) is 1. The number of hydrogen-bond donors (Lipinski definition) is 0. The van der Waals surface area contributed by atoms with Gasteiger partial charge in [-0.2, -0.15) is 0 Å². The molecule has 0 atom stereocenters. The van der Waals surface area contributed by atoms with Crippen LogP contribution in [0, 0.1) is 0 Å². The Morgan fingerprint density at radius 3 is 2.94 bits per heavy atom. The van der Waals surface area contributed by atoms with E-state index in [2.05, 4.69) is 27.8 Å². The van der Waals surface area contributed by atoms with Crippen molar-refractivity contribution in [2.75, 3.05) is 0 Å². The maximum absolute atomic E-state index is 6.21. The second kappa shape index (κ2) is 5.02. The molecule has 0 aliphatic heterocycles. The molecule has 0 unspecified atom stereocenters. The van der Waals surface area contributed by atoms with E-state index in [0.717, 1.165) is 33.8 Å². The van der Waals surface area contributed by atoms with Crippen LogP contribution in [0.4, 0.5) is 0 Å². The molecule has 0 fully saturated rings. The van der Waals surface area contributed by atoms with E-state index in [1.54, 1.807) is 0 Å². The number of imidazole rings is 1. The van der Waals surface area contributed by atoms with Gasteiger partial charge in [-0.1, -0.05) is 34.5 Å². The predicted molar refractivity (Wildman–Crippen MR) is 70.3 cm³/mol. The third-order valence-corrected chi connectivity index (χ3v) is 3.16. The average Bonchev–Trinajstić information content (AvgIpc) is 2.67. The number of aryl methyl sites for hydroxylation is 1. The summed E-state index contributed by atoms with van der Waals surface area (Å²) in [6.07, 6.45) is 5.79. The van der Waals surface area contributed by atoms with E-state index >= 15 is 0 Å². The molecule has 0 radical (unpaired) electrons. The van der Waals surface area contributed by atoms with Gasteiger partial charge in [-0.3, -0.25) is 0 Å². The zero-order valence-corrected chi connectivity index (χ0v) is 11.3. The molecule has 84 valence electrons. The highest BCUT2D eigenvalue weighted by Crippen LogP contribution is 2.25. The summed E-state index contributed by atoms with van der Waals surface area (Å²) in [5.41, 5.74) is 0.978. The van der Waals surface area contributed by atoms with E-state index in [4.69, 9.17) is 11.6 Å². The van der Waals surface area contributed by atoms with Crippen molar-refractivity contribution in [1.82, 2.24) is 9.55 Å². The Hall–Kier alpha value is -0.800. The van der Waals surface area contributed by atoms with E-state index in [0.29, 0.717) is 0 Å². The predicted octanol–water partition coefficient (Wildman–Crippen LogP) is 4.24. The lowest BCUT2D eigenvalue weighted by molar-refractivity contribution is 0.809. The fourth-order valence-corrected chi connectivity index (χ4v) is 2.40. The van der Waals surface area contributed by atoms with Gasteiger partial charge in [-0.15, -0.1) is 0 Å². The molecule has 1 aromatic carbocycles. The smallest absolute Gasteiger partial charge is 0.113 e. The van der Waals surface area contributed by atoms with Crippen LogP contribution in [0.5, 0.6) is 0 Å². The van der Waals surface area contributed by atoms with Crippen LogP contribution in [-0.4, -0.2) is 9.55 Å². The van der Waals surface area contributed by atoms with Crippen LogP contribution >= 0.6 is 27.5 Å². The fraction of sp³-hybridized carbons (Fsp3) is 0.250. The van der Waals surface area contributed by atoms with Gasteiger partial charge in [-0.25, -0.2) is 4.98 Å².